The Hall–Kier alpha value is -1.54. The summed E-state index contributed by atoms with van der Waals surface area (Å²) in [4.78, 5) is 20.5. The molecule has 0 spiro atoms. The SMILES string of the molecule is Nc1ccccc1C(=O)[O-].Nc1ccccc1C(=O)[O-].[Sr+2]. The van der Waals surface area contributed by atoms with Crippen molar-refractivity contribution in [3.05, 3.63) is 59.7 Å². The fraction of sp³-hybridized carbons (Fsp3) is 0. The van der Waals surface area contributed by atoms with E-state index in [-0.39, 0.29) is 68.0 Å². The van der Waals surface area contributed by atoms with Gasteiger partial charge in [0.1, 0.15) is 0 Å². The maximum Gasteiger partial charge on any atom is 2.00 e. The zero-order valence-corrected chi connectivity index (χ0v) is 14.6. The molecular weight excluding hydrogens is 348 g/mol. The van der Waals surface area contributed by atoms with E-state index >= 15 is 0 Å². The van der Waals surface area contributed by atoms with Crippen LogP contribution in [0.25, 0.3) is 0 Å². The van der Waals surface area contributed by atoms with Gasteiger partial charge in [0.15, 0.2) is 0 Å². The first kappa shape index (κ1) is 19.5. The summed E-state index contributed by atoms with van der Waals surface area (Å²) in [5.74, 6) is -2.48. The zero-order chi connectivity index (χ0) is 15.1. The number of hydrogen-bond donors (Lipinski definition) is 2. The monoisotopic (exact) mass is 360 g/mol. The van der Waals surface area contributed by atoms with Gasteiger partial charge >= 0.3 is 45.5 Å². The first-order valence-electron chi connectivity index (χ1n) is 5.55. The van der Waals surface area contributed by atoms with Crippen molar-refractivity contribution in [2.75, 3.05) is 11.5 Å². The van der Waals surface area contributed by atoms with Gasteiger partial charge in [0, 0.05) is 22.5 Å². The van der Waals surface area contributed by atoms with Crippen LogP contribution in [0.2, 0.25) is 0 Å². The second kappa shape index (κ2) is 9.41. The molecule has 6 nitrogen and oxygen atoms in total. The van der Waals surface area contributed by atoms with Gasteiger partial charge < -0.3 is 31.3 Å². The molecule has 0 aliphatic heterocycles. The van der Waals surface area contributed by atoms with Crippen LogP contribution in [-0.4, -0.2) is 57.4 Å². The molecule has 0 saturated heterocycles. The van der Waals surface area contributed by atoms with Crippen molar-refractivity contribution in [2.24, 2.45) is 0 Å². The van der Waals surface area contributed by atoms with Crippen LogP contribution in [-0.2, 0) is 0 Å². The van der Waals surface area contributed by atoms with Crippen LogP contribution in [0, 0.1) is 0 Å². The summed E-state index contributed by atoms with van der Waals surface area (Å²) in [5, 5.41) is 20.5. The van der Waals surface area contributed by atoms with Crippen LogP contribution in [0.3, 0.4) is 0 Å². The molecule has 0 aliphatic rings. The van der Waals surface area contributed by atoms with E-state index in [1.165, 1.54) is 24.3 Å². The van der Waals surface area contributed by atoms with Crippen LogP contribution < -0.4 is 21.7 Å². The maximum absolute atomic E-state index is 10.2. The van der Waals surface area contributed by atoms with Crippen LogP contribution in [0.5, 0.6) is 0 Å². The summed E-state index contributed by atoms with van der Waals surface area (Å²) < 4.78 is 0. The Morgan fingerprint density at radius 1 is 0.714 bits per heavy atom. The van der Waals surface area contributed by atoms with Gasteiger partial charge in [-0.15, -0.1) is 0 Å². The number of carbonyl (C=O) groups excluding carboxylic acids is 2. The Labute approximate surface area is 158 Å². The quantitative estimate of drug-likeness (QED) is 0.515. The molecule has 0 unspecified atom stereocenters. The average molecular weight is 360 g/mol. The van der Waals surface area contributed by atoms with E-state index in [4.69, 9.17) is 11.5 Å². The van der Waals surface area contributed by atoms with Crippen molar-refractivity contribution in [3.8, 4) is 0 Å². The van der Waals surface area contributed by atoms with Crippen LogP contribution in [0.15, 0.2) is 48.5 Å². The summed E-state index contributed by atoms with van der Waals surface area (Å²) in [6.07, 6.45) is 0. The number of nitrogen functional groups attached to an aromatic ring is 2. The van der Waals surface area contributed by atoms with E-state index in [1.54, 1.807) is 24.3 Å². The van der Waals surface area contributed by atoms with Gasteiger partial charge in [-0.1, -0.05) is 36.4 Å². The number of para-hydroxylation sites is 2. The second-order valence-corrected chi connectivity index (χ2v) is 3.75. The van der Waals surface area contributed by atoms with E-state index in [2.05, 4.69) is 0 Å². The van der Waals surface area contributed by atoms with Crippen molar-refractivity contribution in [1.29, 1.82) is 0 Å². The predicted octanol–water partition coefficient (Wildman–Crippen LogP) is -1.12. The van der Waals surface area contributed by atoms with E-state index in [1.807, 2.05) is 0 Å². The third kappa shape index (κ3) is 6.18. The first-order valence-corrected chi connectivity index (χ1v) is 5.55. The summed E-state index contributed by atoms with van der Waals surface area (Å²) in [5.41, 5.74) is 11.2. The van der Waals surface area contributed by atoms with E-state index in [0.29, 0.717) is 0 Å². The molecule has 4 N–H and O–H groups in total. The number of aromatic carboxylic acids is 2. The van der Waals surface area contributed by atoms with E-state index in [0.717, 1.165) is 0 Å². The minimum Gasteiger partial charge on any atom is -0.545 e. The largest absolute Gasteiger partial charge is 2.00 e. The molecule has 0 atom stereocenters. The molecule has 2 aromatic carbocycles. The summed E-state index contributed by atoms with van der Waals surface area (Å²) in [7, 11) is 0. The number of carboxylic acids is 2. The molecular formula is C14H12N2O4Sr. The molecule has 2 aromatic rings. The molecule has 2 rings (SSSR count). The number of nitrogens with two attached hydrogens (primary N) is 2. The van der Waals surface area contributed by atoms with Crippen molar-refractivity contribution in [3.63, 3.8) is 0 Å². The Bertz CT molecular complexity index is 576. The number of carbonyl (C=O) groups is 2. The molecule has 0 aromatic heterocycles. The standard InChI is InChI=1S/2C7H7NO2.Sr/c2*8-6-4-2-1-3-5(6)7(9)10;/h2*1-4H,8H2,(H,9,10);/q;;+2/p-2. The zero-order valence-electron chi connectivity index (χ0n) is 11.1. The topological polar surface area (TPSA) is 132 Å². The van der Waals surface area contributed by atoms with Crippen LogP contribution in [0.1, 0.15) is 20.7 Å². The van der Waals surface area contributed by atoms with Crippen molar-refractivity contribution >= 4 is 68.8 Å². The molecule has 0 bridgehead atoms. The summed E-state index contributed by atoms with van der Waals surface area (Å²) in [6, 6.07) is 12.4. The molecule has 0 aliphatic carbocycles. The Morgan fingerprint density at radius 2 is 1.00 bits per heavy atom. The van der Waals surface area contributed by atoms with E-state index < -0.39 is 11.9 Å². The number of anilines is 2. The molecule has 104 valence electrons. The first-order chi connectivity index (χ1) is 9.43. The number of benzene rings is 2. The minimum atomic E-state index is -1.24. The summed E-state index contributed by atoms with van der Waals surface area (Å²) >= 11 is 0. The molecule has 0 heterocycles. The molecule has 0 radical (unpaired) electrons. The molecule has 0 fully saturated rings. The van der Waals surface area contributed by atoms with Gasteiger partial charge in [-0.25, -0.2) is 0 Å². The van der Waals surface area contributed by atoms with Gasteiger partial charge in [-0.3, -0.25) is 0 Å². The Kier molecular flexibility index (Phi) is 8.72. The van der Waals surface area contributed by atoms with Gasteiger partial charge in [-0.2, -0.15) is 0 Å². The maximum atomic E-state index is 10.2. The van der Waals surface area contributed by atoms with Crippen molar-refractivity contribution in [2.45, 2.75) is 0 Å². The van der Waals surface area contributed by atoms with Gasteiger partial charge in [0.25, 0.3) is 0 Å². The van der Waals surface area contributed by atoms with E-state index in [9.17, 15) is 19.8 Å². The minimum absolute atomic E-state index is 0. The predicted molar refractivity (Wildman–Crippen MR) is 76.1 cm³/mol. The third-order valence-electron chi connectivity index (χ3n) is 2.36. The fourth-order valence-electron chi connectivity index (χ4n) is 1.37. The third-order valence-corrected chi connectivity index (χ3v) is 2.36. The van der Waals surface area contributed by atoms with Crippen molar-refractivity contribution in [1.82, 2.24) is 0 Å². The fourth-order valence-corrected chi connectivity index (χ4v) is 1.37. The summed E-state index contributed by atoms with van der Waals surface area (Å²) in [6.45, 7) is 0. The van der Waals surface area contributed by atoms with Crippen LogP contribution >= 0.6 is 0 Å². The van der Waals surface area contributed by atoms with Crippen molar-refractivity contribution < 1.29 is 19.8 Å². The van der Waals surface area contributed by atoms with Crippen LogP contribution in [0.4, 0.5) is 11.4 Å². The second-order valence-electron chi connectivity index (χ2n) is 3.75. The average Bonchev–Trinajstić information content (AvgIpc) is 2.40. The Balaban J connectivity index is 0.000000364. The number of hydrogen-bond acceptors (Lipinski definition) is 6. The Morgan fingerprint density at radius 3 is 1.19 bits per heavy atom. The van der Waals surface area contributed by atoms with Gasteiger partial charge in [0.2, 0.25) is 0 Å². The molecule has 7 heteroatoms. The smallest absolute Gasteiger partial charge is 0.545 e. The molecule has 0 saturated carbocycles. The van der Waals surface area contributed by atoms with Gasteiger partial charge in [-0.05, 0) is 12.1 Å². The van der Waals surface area contributed by atoms with Gasteiger partial charge in [0.05, 0.1) is 11.9 Å². The number of carboxylic acid groups (broad SMARTS) is 2. The molecule has 21 heavy (non-hydrogen) atoms. The molecule has 0 amide bonds. The number of rotatable bonds is 2. The normalized spacial score (nSPS) is 8.76.